The lowest BCUT2D eigenvalue weighted by atomic mass is 10.1. The van der Waals surface area contributed by atoms with E-state index in [2.05, 4.69) is 10.1 Å². The number of pyridine rings is 1. The molecule has 2 aromatic carbocycles. The van der Waals surface area contributed by atoms with Crippen LogP contribution in [0.5, 0.6) is 0 Å². The maximum Gasteiger partial charge on any atom is 0.155 e. The first-order valence-corrected chi connectivity index (χ1v) is 7.01. The largest absolute Gasteiger partial charge is 0.454 e. The summed E-state index contributed by atoms with van der Waals surface area (Å²) >= 11 is 0. The van der Waals surface area contributed by atoms with Gasteiger partial charge < -0.3 is 9.62 Å². The Morgan fingerprint density at radius 2 is 1.87 bits per heavy atom. The van der Waals surface area contributed by atoms with E-state index in [0.717, 1.165) is 5.39 Å². The van der Waals surface area contributed by atoms with Crippen molar-refractivity contribution < 1.29 is 14.0 Å². The first-order chi connectivity index (χ1) is 11.2. The molecule has 0 radical (unpaired) electrons. The Morgan fingerprint density at radius 1 is 1.00 bits per heavy atom. The van der Waals surface area contributed by atoms with E-state index in [1.807, 2.05) is 24.3 Å². The molecular weight excluding hydrogens is 295 g/mol. The quantitative estimate of drug-likeness (QED) is 0.426. The van der Waals surface area contributed by atoms with Crippen LogP contribution in [0.3, 0.4) is 0 Å². The van der Waals surface area contributed by atoms with Gasteiger partial charge in [0.2, 0.25) is 0 Å². The van der Waals surface area contributed by atoms with Crippen molar-refractivity contribution >= 4 is 21.7 Å². The Morgan fingerprint density at radius 3 is 2.74 bits per heavy atom. The third-order valence-corrected chi connectivity index (χ3v) is 3.69. The van der Waals surface area contributed by atoms with Crippen LogP contribution in [0.1, 0.15) is 0 Å². The van der Waals surface area contributed by atoms with Gasteiger partial charge in [-0.15, -0.1) is 0 Å². The van der Waals surface area contributed by atoms with Gasteiger partial charge in [0.25, 0.3) is 0 Å². The van der Waals surface area contributed by atoms with Crippen LogP contribution in [-0.4, -0.2) is 10.2 Å². The fourth-order valence-corrected chi connectivity index (χ4v) is 2.57. The molecular formula is C18H11FN2O2. The number of aromatic nitrogens is 1. The molecule has 112 valence electrons. The summed E-state index contributed by atoms with van der Waals surface area (Å²) in [5.41, 5.74) is 1.18. The van der Waals surface area contributed by atoms with E-state index in [-0.39, 0.29) is 5.82 Å². The summed E-state index contributed by atoms with van der Waals surface area (Å²) in [5.74, 6) is 0.173. The Balaban J connectivity index is 1.97. The zero-order valence-electron chi connectivity index (χ0n) is 11.9. The van der Waals surface area contributed by atoms with Gasteiger partial charge in [0, 0.05) is 23.0 Å². The Kier molecular flexibility index (Phi) is 3.05. The minimum absolute atomic E-state index is 0.302. The van der Waals surface area contributed by atoms with Crippen molar-refractivity contribution in [1.29, 1.82) is 0 Å². The SMILES string of the molecule is O/N=c1\cc(-c2cc3ccc(F)cc3cn2)oc2ccccc12. The lowest BCUT2D eigenvalue weighted by molar-refractivity contribution is 0.302. The lowest BCUT2D eigenvalue weighted by Crippen LogP contribution is -2.03. The Hall–Kier alpha value is -3.21. The molecule has 0 aliphatic rings. The van der Waals surface area contributed by atoms with Gasteiger partial charge in [-0.05, 0) is 35.7 Å². The van der Waals surface area contributed by atoms with Gasteiger partial charge in [0.15, 0.2) is 5.76 Å². The molecule has 0 saturated heterocycles. The maximum absolute atomic E-state index is 13.2. The van der Waals surface area contributed by atoms with Gasteiger partial charge in [-0.3, -0.25) is 4.98 Å². The van der Waals surface area contributed by atoms with Crippen LogP contribution in [0.25, 0.3) is 33.2 Å². The van der Waals surface area contributed by atoms with Gasteiger partial charge in [0.05, 0.1) is 0 Å². The highest BCUT2D eigenvalue weighted by molar-refractivity contribution is 5.85. The number of halogens is 1. The molecule has 1 N–H and O–H groups in total. The van der Waals surface area contributed by atoms with E-state index in [9.17, 15) is 9.60 Å². The third kappa shape index (κ3) is 2.32. The van der Waals surface area contributed by atoms with Gasteiger partial charge in [-0.2, -0.15) is 0 Å². The second-order valence-corrected chi connectivity index (χ2v) is 5.15. The summed E-state index contributed by atoms with van der Waals surface area (Å²) < 4.78 is 19.1. The van der Waals surface area contributed by atoms with Crippen molar-refractivity contribution in [2.75, 3.05) is 0 Å². The zero-order valence-corrected chi connectivity index (χ0v) is 11.9. The minimum atomic E-state index is -0.302. The molecule has 5 heteroatoms. The summed E-state index contributed by atoms with van der Waals surface area (Å²) in [6, 6.07) is 15.2. The molecule has 0 amide bonds. The average Bonchev–Trinajstić information content (AvgIpc) is 2.60. The number of rotatable bonds is 1. The lowest BCUT2D eigenvalue weighted by Gasteiger charge is -2.05. The zero-order chi connectivity index (χ0) is 15.8. The Labute approximate surface area is 130 Å². The van der Waals surface area contributed by atoms with Crippen LogP contribution < -0.4 is 5.36 Å². The molecule has 2 heterocycles. The number of para-hydroxylation sites is 1. The van der Waals surface area contributed by atoms with Crippen molar-refractivity contribution in [2.24, 2.45) is 5.16 Å². The molecule has 0 aliphatic carbocycles. The van der Waals surface area contributed by atoms with Crippen molar-refractivity contribution in [3.8, 4) is 11.5 Å². The molecule has 4 nitrogen and oxygen atoms in total. The smallest absolute Gasteiger partial charge is 0.155 e. The molecule has 0 unspecified atom stereocenters. The monoisotopic (exact) mass is 306 g/mol. The molecule has 0 bridgehead atoms. The summed E-state index contributed by atoms with van der Waals surface area (Å²) in [7, 11) is 0. The van der Waals surface area contributed by atoms with E-state index < -0.39 is 0 Å². The molecule has 0 saturated carbocycles. The minimum Gasteiger partial charge on any atom is -0.454 e. The van der Waals surface area contributed by atoms with Crippen LogP contribution in [-0.2, 0) is 0 Å². The van der Waals surface area contributed by atoms with Gasteiger partial charge >= 0.3 is 0 Å². The first-order valence-electron chi connectivity index (χ1n) is 7.01. The van der Waals surface area contributed by atoms with E-state index >= 15 is 0 Å². The topological polar surface area (TPSA) is 58.6 Å². The molecule has 4 aromatic rings. The molecule has 0 atom stereocenters. The van der Waals surface area contributed by atoms with Crippen molar-refractivity contribution in [1.82, 2.24) is 4.98 Å². The van der Waals surface area contributed by atoms with Gasteiger partial charge in [0.1, 0.15) is 22.5 Å². The van der Waals surface area contributed by atoms with Crippen LogP contribution >= 0.6 is 0 Å². The number of benzene rings is 2. The van der Waals surface area contributed by atoms with E-state index in [1.165, 1.54) is 12.1 Å². The number of hydrogen-bond acceptors (Lipinski definition) is 4. The van der Waals surface area contributed by atoms with Crippen molar-refractivity contribution in [3.63, 3.8) is 0 Å². The fraction of sp³-hybridized carbons (Fsp3) is 0. The standard InChI is InChI=1S/C18H11FN2O2/c19-13-6-5-11-8-16(20-10-12(11)7-13)18-9-15(21-22)14-3-1-2-4-17(14)23-18/h1-10,22H/b21-15+. The number of hydrogen-bond donors (Lipinski definition) is 1. The predicted molar refractivity (Wildman–Crippen MR) is 84.3 cm³/mol. The fourth-order valence-electron chi connectivity index (χ4n) is 2.57. The van der Waals surface area contributed by atoms with E-state index in [1.54, 1.807) is 24.4 Å². The first kappa shape index (κ1) is 13.5. The average molecular weight is 306 g/mol. The highest BCUT2D eigenvalue weighted by Gasteiger charge is 2.08. The van der Waals surface area contributed by atoms with Gasteiger partial charge in [-0.25, -0.2) is 4.39 Å². The summed E-state index contributed by atoms with van der Waals surface area (Å²) in [6.45, 7) is 0. The molecule has 0 spiro atoms. The second-order valence-electron chi connectivity index (χ2n) is 5.15. The summed E-state index contributed by atoms with van der Waals surface area (Å²) in [5, 5.41) is 15.2. The normalized spacial score (nSPS) is 12.1. The highest BCUT2D eigenvalue weighted by Crippen LogP contribution is 2.24. The van der Waals surface area contributed by atoms with E-state index in [0.29, 0.717) is 33.2 Å². The molecule has 4 rings (SSSR count). The van der Waals surface area contributed by atoms with Crippen molar-refractivity contribution in [2.45, 2.75) is 0 Å². The Bertz CT molecular complexity index is 1100. The molecule has 2 aromatic heterocycles. The van der Waals surface area contributed by atoms with Gasteiger partial charge in [-0.1, -0.05) is 23.4 Å². The third-order valence-electron chi connectivity index (χ3n) is 3.69. The van der Waals surface area contributed by atoms with Crippen LogP contribution in [0, 0.1) is 5.82 Å². The number of fused-ring (bicyclic) bond motifs is 2. The molecule has 23 heavy (non-hydrogen) atoms. The second kappa shape index (κ2) is 5.21. The summed E-state index contributed by atoms with van der Waals surface area (Å²) in [4.78, 5) is 4.32. The summed E-state index contributed by atoms with van der Waals surface area (Å²) in [6.07, 6.45) is 1.59. The van der Waals surface area contributed by atoms with Crippen LogP contribution in [0.4, 0.5) is 4.39 Å². The number of nitrogens with zero attached hydrogens (tertiary/aromatic N) is 2. The maximum atomic E-state index is 13.2. The molecule has 0 aliphatic heterocycles. The van der Waals surface area contributed by atoms with E-state index in [4.69, 9.17) is 4.42 Å². The van der Waals surface area contributed by atoms with Crippen LogP contribution in [0.2, 0.25) is 0 Å². The highest BCUT2D eigenvalue weighted by atomic mass is 19.1. The molecule has 0 fully saturated rings. The predicted octanol–water partition coefficient (Wildman–Crippen LogP) is 4.08. The van der Waals surface area contributed by atoms with Crippen molar-refractivity contribution in [3.05, 3.63) is 72.0 Å². The van der Waals surface area contributed by atoms with Crippen LogP contribution in [0.15, 0.2) is 70.4 Å².